The van der Waals surface area contributed by atoms with E-state index in [1.54, 1.807) is 0 Å². The molecule has 0 bridgehead atoms. The molecule has 1 nitrogen and oxygen atoms in total. The maximum absolute atomic E-state index is 5.99. The zero-order valence-electron chi connectivity index (χ0n) is 14.9. The third-order valence-electron chi connectivity index (χ3n) is 4.15. The molecule has 0 saturated carbocycles. The Morgan fingerprint density at radius 1 is 0.783 bits per heavy atom. The van der Waals surface area contributed by atoms with Gasteiger partial charge in [0.25, 0.3) is 0 Å². The second-order valence-electron chi connectivity index (χ2n) is 7.53. The van der Waals surface area contributed by atoms with Crippen LogP contribution in [-0.2, 0) is 4.43 Å². The van der Waals surface area contributed by atoms with Crippen molar-refractivity contribution >= 4 is 21.6 Å². The lowest BCUT2D eigenvalue weighted by Crippen LogP contribution is -2.47. The summed E-state index contributed by atoms with van der Waals surface area (Å²) in [5.74, 6) is 0. The van der Waals surface area contributed by atoms with Crippen molar-refractivity contribution in [1.29, 1.82) is 0 Å². The number of rotatable bonds is 6. The standard InChI is InChI=1S/C20H28OSi2/c1-22(2,3)21-17-16-20(18-12-8-6-9-13-18)23(4,5)19-14-10-7-11-15-19/h6-17,20H,1-5H3/b17-16+. The summed E-state index contributed by atoms with van der Waals surface area (Å²) in [6.07, 6.45) is 4.24. The lowest BCUT2D eigenvalue weighted by atomic mass is 10.1. The third kappa shape index (κ3) is 4.94. The molecule has 0 aliphatic heterocycles. The van der Waals surface area contributed by atoms with Gasteiger partial charge in [-0.2, -0.15) is 0 Å². The molecule has 0 spiro atoms. The molecule has 0 aliphatic rings. The number of hydrogen-bond donors (Lipinski definition) is 0. The van der Waals surface area contributed by atoms with Gasteiger partial charge in [0.05, 0.1) is 14.3 Å². The Hall–Kier alpha value is -1.59. The van der Waals surface area contributed by atoms with Crippen LogP contribution in [0, 0.1) is 0 Å². The number of benzene rings is 2. The van der Waals surface area contributed by atoms with Crippen LogP contribution < -0.4 is 5.19 Å². The fourth-order valence-electron chi connectivity index (χ4n) is 2.80. The summed E-state index contributed by atoms with van der Waals surface area (Å²) in [5, 5.41) is 1.48. The van der Waals surface area contributed by atoms with E-state index in [0.717, 1.165) is 0 Å². The van der Waals surface area contributed by atoms with Gasteiger partial charge >= 0.3 is 0 Å². The molecule has 2 aromatic rings. The zero-order valence-corrected chi connectivity index (χ0v) is 16.9. The van der Waals surface area contributed by atoms with Crippen LogP contribution in [0.25, 0.3) is 0 Å². The third-order valence-corrected chi connectivity index (χ3v) is 8.89. The van der Waals surface area contributed by atoms with E-state index in [4.69, 9.17) is 4.43 Å². The summed E-state index contributed by atoms with van der Waals surface area (Å²) >= 11 is 0. The van der Waals surface area contributed by atoms with Gasteiger partial charge in [0, 0.05) is 5.54 Å². The summed E-state index contributed by atoms with van der Waals surface area (Å²) in [4.78, 5) is 0. The SMILES string of the molecule is C[Si](C)(C)O/C=C/C(c1ccccc1)[Si](C)(C)c1ccccc1. The number of allylic oxidation sites excluding steroid dienone is 1. The second kappa shape index (κ2) is 7.32. The smallest absolute Gasteiger partial charge is 0.241 e. The van der Waals surface area contributed by atoms with E-state index in [9.17, 15) is 0 Å². The molecule has 1 unspecified atom stereocenters. The monoisotopic (exact) mass is 340 g/mol. The summed E-state index contributed by atoms with van der Waals surface area (Å²) in [5.41, 5.74) is 1.78. The van der Waals surface area contributed by atoms with Gasteiger partial charge in [-0.25, -0.2) is 0 Å². The van der Waals surface area contributed by atoms with Crippen molar-refractivity contribution in [3.63, 3.8) is 0 Å². The normalized spacial score (nSPS) is 14.0. The fraction of sp³-hybridized carbons (Fsp3) is 0.300. The largest absolute Gasteiger partial charge is 0.550 e. The molecule has 3 heteroatoms. The van der Waals surface area contributed by atoms with Crippen LogP contribution in [0.15, 0.2) is 73.0 Å². The van der Waals surface area contributed by atoms with E-state index < -0.39 is 16.4 Å². The lowest BCUT2D eigenvalue weighted by molar-refractivity contribution is 0.477. The molecule has 0 N–H and O–H groups in total. The molecule has 0 fully saturated rings. The Bertz CT molecular complexity index is 628. The Morgan fingerprint density at radius 3 is 1.83 bits per heavy atom. The van der Waals surface area contributed by atoms with Gasteiger partial charge in [0.2, 0.25) is 8.32 Å². The van der Waals surface area contributed by atoms with Crippen molar-refractivity contribution in [1.82, 2.24) is 0 Å². The highest BCUT2D eigenvalue weighted by Crippen LogP contribution is 2.28. The Labute approximate surface area is 143 Å². The van der Waals surface area contributed by atoms with Crippen molar-refractivity contribution in [3.8, 4) is 0 Å². The molecule has 0 radical (unpaired) electrons. The minimum absolute atomic E-state index is 0.405. The summed E-state index contributed by atoms with van der Waals surface area (Å²) in [6.45, 7) is 11.5. The van der Waals surface area contributed by atoms with Crippen molar-refractivity contribution in [2.45, 2.75) is 38.3 Å². The van der Waals surface area contributed by atoms with Crippen LogP contribution in [0.4, 0.5) is 0 Å². The first-order chi connectivity index (χ1) is 10.8. The molecule has 0 amide bonds. The van der Waals surface area contributed by atoms with Crippen molar-refractivity contribution in [2.75, 3.05) is 0 Å². The molecule has 23 heavy (non-hydrogen) atoms. The first-order valence-electron chi connectivity index (χ1n) is 8.26. The molecule has 0 heterocycles. The van der Waals surface area contributed by atoms with Crippen LogP contribution in [-0.4, -0.2) is 16.4 Å². The maximum atomic E-state index is 5.99. The molecule has 0 saturated heterocycles. The van der Waals surface area contributed by atoms with Gasteiger partial charge in [-0.3, -0.25) is 0 Å². The minimum Gasteiger partial charge on any atom is -0.550 e. The van der Waals surface area contributed by atoms with Crippen molar-refractivity contribution in [3.05, 3.63) is 78.6 Å². The minimum atomic E-state index is -1.70. The van der Waals surface area contributed by atoms with E-state index in [1.807, 2.05) is 6.26 Å². The summed E-state index contributed by atoms with van der Waals surface area (Å²) in [7, 11) is -3.23. The maximum Gasteiger partial charge on any atom is 0.241 e. The number of hydrogen-bond acceptors (Lipinski definition) is 1. The molecular weight excluding hydrogens is 312 g/mol. The highest BCUT2D eigenvalue weighted by molar-refractivity contribution is 6.91. The van der Waals surface area contributed by atoms with Gasteiger partial charge in [-0.15, -0.1) is 0 Å². The van der Waals surface area contributed by atoms with Gasteiger partial charge < -0.3 is 4.43 Å². The summed E-state index contributed by atoms with van der Waals surface area (Å²) in [6, 6.07) is 21.8. The Kier molecular flexibility index (Phi) is 5.66. The predicted octanol–water partition coefficient (Wildman–Crippen LogP) is 5.29. The van der Waals surface area contributed by atoms with Crippen molar-refractivity contribution < 1.29 is 4.43 Å². The van der Waals surface area contributed by atoms with E-state index in [1.165, 1.54) is 10.8 Å². The van der Waals surface area contributed by atoms with Crippen LogP contribution in [0.2, 0.25) is 32.7 Å². The van der Waals surface area contributed by atoms with Gasteiger partial charge in [-0.1, -0.05) is 78.9 Å². The average Bonchev–Trinajstić information content (AvgIpc) is 2.52. The quantitative estimate of drug-likeness (QED) is 0.513. The second-order valence-corrected chi connectivity index (χ2v) is 16.6. The first-order valence-corrected chi connectivity index (χ1v) is 14.7. The van der Waals surface area contributed by atoms with Gasteiger partial charge in [-0.05, 0) is 31.3 Å². The highest BCUT2D eigenvalue weighted by atomic mass is 28.4. The van der Waals surface area contributed by atoms with Crippen LogP contribution in [0.1, 0.15) is 11.1 Å². The topological polar surface area (TPSA) is 9.23 Å². The molecule has 2 rings (SSSR count). The average molecular weight is 341 g/mol. The van der Waals surface area contributed by atoms with Crippen molar-refractivity contribution in [2.24, 2.45) is 0 Å². The van der Waals surface area contributed by atoms with Gasteiger partial charge in [0.15, 0.2) is 0 Å². The first kappa shape index (κ1) is 17.8. The molecule has 0 aliphatic carbocycles. The van der Waals surface area contributed by atoms with Crippen LogP contribution in [0.5, 0.6) is 0 Å². The zero-order chi connectivity index (χ0) is 16.9. The van der Waals surface area contributed by atoms with E-state index in [2.05, 4.69) is 99.5 Å². The molecule has 1 atom stereocenters. The predicted molar refractivity (Wildman–Crippen MR) is 106 cm³/mol. The Balaban J connectivity index is 2.37. The van der Waals surface area contributed by atoms with E-state index in [-0.39, 0.29) is 0 Å². The fourth-order valence-corrected chi connectivity index (χ4v) is 6.28. The summed E-state index contributed by atoms with van der Waals surface area (Å²) < 4.78 is 5.99. The highest BCUT2D eigenvalue weighted by Gasteiger charge is 2.33. The van der Waals surface area contributed by atoms with Gasteiger partial charge in [0.1, 0.15) is 0 Å². The van der Waals surface area contributed by atoms with Crippen LogP contribution >= 0.6 is 0 Å². The molecule has 2 aromatic carbocycles. The van der Waals surface area contributed by atoms with E-state index in [0.29, 0.717) is 5.54 Å². The molecule has 122 valence electrons. The molecular formula is C20H28OSi2. The van der Waals surface area contributed by atoms with Crippen LogP contribution in [0.3, 0.4) is 0 Å². The van der Waals surface area contributed by atoms with E-state index >= 15 is 0 Å². The molecule has 0 aromatic heterocycles. The lowest BCUT2D eigenvalue weighted by Gasteiger charge is -2.31. The Morgan fingerprint density at radius 2 is 1.30 bits per heavy atom.